The fraction of sp³-hybridized carbons (Fsp3) is 0.417. The number of rotatable bonds is 8. The maximum absolute atomic E-state index is 12.8. The average molecular weight is 471 g/mol. The first-order valence-electron chi connectivity index (χ1n) is 11.3. The lowest BCUT2D eigenvalue weighted by Gasteiger charge is -2.34. The summed E-state index contributed by atoms with van der Waals surface area (Å²) in [6, 6.07) is 18.2. The molecule has 0 radical (unpaired) electrons. The third-order valence-electron chi connectivity index (χ3n) is 6.29. The zero-order valence-corrected chi connectivity index (χ0v) is 19.4. The van der Waals surface area contributed by atoms with Gasteiger partial charge in [0.15, 0.2) is 0 Å². The first-order valence-corrected chi connectivity index (χ1v) is 12.7. The molecule has 2 aliphatic rings. The molecule has 1 atom stereocenters. The third-order valence-corrected chi connectivity index (χ3v) is 8.21. The Bertz CT molecular complexity index is 1050. The van der Waals surface area contributed by atoms with Crippen molar-refractivity contribution in [1.82, 2.24) is 19.4 Å². The van der Waals surface area contributed by atoms with Gasteiger partial charge in [-0.3, -0.25) is 14.5 Å². The summed E-state index contributed by atoms with van der Waals surface area (Å²) in [5, 5.41) is 2.93. The van der Waals surface area contributed by atoms with E-state index in [-0.39, 0.29) is 24.2 Å². The molecule has 2 saturated heterocycles. The molecule has 8 nitrogen and oxygen atoms in total. The number of nitrogens with one attached hydrogen (secondary N) is 1. The summed E-state index contributed by atoms with van der Waals surface area (Å²) in [5.74, 6) is -0.413. The number of sulfonamides is 1. The molecule has 176 valence electrons. The molecule has 2 aliphatic heterocycles. The Balaban J connectivity index is 1.21. The van der Waals surface area contributed by atoms with Gasteiger partial charge in [-0.05, 0) is 17.7 Å². The quantitative estimate of drug-likeness (QED) is 0.625. The van der Waals surface area contributed by atoms with Crippen LogP contribution in [0.5, 0.6) is 0 Å². The van der Waals surface area contributed by atoms with E-state index in [1.807, 2.05) is 30.3 Å². The number of amides is 2. The molecule has 2 aromatic rings. The second kappa shape index (κ2) is 10.5. The molecule has 2 aromatic carbocycles. The van der Waals surface area contributed by atoms with Gasteiger partial charge in [-0.15, -0.1) is 0 Å². The van der Waals surface area contributed by atoms with Crippen molar-refractivity contribution in [2.75, 3.05) is 45.8 Å². The predicted molar refractivity (Wildman–Crippen MR) is 125 cm³/mol. The topological polar surface area (TPSA) is 90.0 Å². The van der Waals surface area contributed by atoms with Gasteiger partial charge >= 0.3 is 0 Å². The lowest BCUT2D eigenvalue weighted by atomic mass is 10.1. The van der Waals surface area contributed by atoms with Gasteiger partial charge in [0.2, 0.25) is 21.8 Å². The van der Waals surface area contributed by atoms with E-state index in [1.54, 1.807) is 35.2 Å². The molecule has 0 saturated carbocycles. The summed E-state index contributed by atoms with van der Waals surface area (Å²) >= 11 is 0. The van der Waals surface area contributed by atoms with Crippen molar-refractivity contribution in [2.24, 2.45) is 5.92 Å². The molecular weight excluding hydrogens is 440 g/mol. The minimum atomic E-state index is -3.47. The smallest absolute Gasteiger partial charge is 0.243 e. The highest BCUT2D eigenvalue weighted by Gasteiger charge is 2.34. The number of nitrogens with zero attached hydrogens (tertiary/aromatic N) is 3. The fourth-order valence-corrected chi connectivity index (χ4v) is 5.73. The number of carbonyl (C=O) groups is 2. The summed E-state index contributed by atoms with van der Waals surface area (Å²) < 4.78 is 27.0. The van der Waals surface area contributed by atoms with Gasteiger partial charge in [0.1, 0.15) is 0 Å². The van der Waals surface area contributed by atoms with Crippen molar-refractivity contribution in [3.8, 4) is 0 Å². The van der Waals surface area contributed by atoms with E-state index in [0.717, 1.165) is 5.56 Å². The van der Waals surface area contributed by atoms with Crippen LogP contribution in [0.4, 0.5) is 0 Å². The molecule has 0 unspecified atom stereocenters. The van der Waals surface area contributed by atoms with E-state index in [4.69, 9.17) is 0 Å². The highest BCUT2D eigenvalue weighted by atomic mass is 32.2. The largest absolute Gasteiger partial charge is 0.352 e. The molecule has 1 N–H and O–H groups in total. The Morgan fingerprint density at radius 2 is 1.55 bits per heavy atom. The average Bonchev–Trinajstić information content (AvgIpc) is 3.23. The van der Waals surface area contributed by atoms with E-state index in [1.165, 1.54) is 4.31 Å². The summed E-state index contributed by atoms with van der Waals surface area (Å²) in [6.07, 6.45) is 0.240. The monoisotopic (exact) mass is 470 g/mol. The number of hydrogen-bond donors (Lipinski definition) is 1. The van der Waals surface area contributed by atoms with E-state index in [9.17, 15) is 18.0 Å². The van der Waals surface area contributed by atoms with Crippen LogP contribution in [0.25, 0.3) is 0 Å². The highest BCUT2D eigenvalue weighted by Crippen LogP contribution is 2.20. The first-order chi connectivity index (χ1) is 15.9. The van der Waals surface area contributed by atoms with Gasteiger partial charge < -0.3 is 10.2 Å². The molecule has 2 heterocycles. The van der Waals surface area contributed by atoms with Crippen LogP contribution in [0, 0.1) is 5.92 Å². The van der Waals surface area contributed by atoms with Gasteiger partial charge in [0.25, 0.3) is 0 Å². The number of piperazine rings is 1. The molecule has 0 spiro atoms. The van der Waals surface area contributed by atoms with Gasteiger partial charge in [-0.2, -0.15) is 4.31 Å². The van der Waals surface area contributed by atoms with Crippen LogP contribution in [-0.4, -0.2) is 80.2 Å². The Hall–Kier alpha value is -2.75. The second-order valence-corrected chi connectivity index (χ2v) is 10.4. The Kier molecular flexibility index (Phi) is 7.42. The zero-order chi connectivity index (χ0) is 23.3. The summed E-state index contributed by atoms with van der Waals surface area (Å²) in [5.41, 5.74) is 1.03. The SMILES string of the molecule is O=C(NCc1ccccc1)[C@@H]1CC(=O)N(CCN2CCN(S(=O)(=O)c3ccccc3)CC2)C1. The van der Waals surface area contributed by atoms with Crippen molar-refractivity contribution < 1.29 is 18.0 Å². The summed E-state index contributed by atoms with van der Waals surface area (Å²) in [7, 11) is -3.47. The van der Waals surface area contributed by atoms with Crippen LogP contribution in [0.15, 0.2) is 65.6 Å². The normalized spacial score (nSPS) is 20.2. The molecule has 2 amide bonds. The van der Waals surface area contributed by atoms with Crippen molar-refractivity contribution in [3.05, 3.63) is 66.2 Å². The second-order valence-electron chi connectivity index (χ2n) is 8.50. The van der Waals surface area contributed by atoms with Crippen LogP contribution >= 0.6 is 0 Å². The minimum Gasteiger partial charge on any atom is -0.352 e. The molecule has 9 heteroatoms. The maximum atomic E-state index is 12.8. The van der Waals surface area contributed by atoms with Crippen LogP contribution in [-0.2, 0) is 26.2 Å². The van der Waals surface area contributed by atoms with E-state index in [0.29, 0.717) is 57.3 Å². The number of carbonyl (C=O) groups excluding carboxylic acids is 2. The van der Waals surface area contributed by atoms with Crippen LogP contribution in [0.2, 0.25) is 0 Å². The third kappa shape index (κ3) is 5.79. The molecule has 33 heavy (non-hydrogen) atoms. The fourth-order valence-electron chi connectivity index (χ4n) is 4.29. The van der Waals surface area contributed by atoms with Crippen molar-refractivity contribution in [2.45, 2.75) is 17.9 Å². The lowest BCUT2D eigenvalue weighted by Crippen LogP contribution is -2.50. The first kappa shape index (κ1) is 23.4. The van der Waals surface area contributed by atoms with Crippen LogP contribution in [0.1, 0.15) is 12.0 Å². The standard InChI is InChI=1S/C24H30N4O4S/c29-23-17-21(24(30)25-18-20-7-3-1-4-8-20)19-27(23)14-11-26-12-15-28(16-13-26)33(31,32)22-9-5-2-6-10-22/h1-10,21H,11-19H2,(H,25,30)/t21-/m1/s1. The molecule has 2 fully saturated rings. The lowest BCUT2D eigenvalue weighted by molar-refractivity contribution is -0.129. The number of likely N-dealkylation sites (tertiary alicyclic amines) is 1. The molecular formula is C24H30N4O4S. The van der Waals surface area contributed by atoms with Crippen LogP contribution in [0.3, 0.4) is 0 Å². The van der Waals surface area contributed by atoms with Gasteiger partial charge in [-0.25, -0.2) is 8.42 Å². The van der Waals surface area contributed by atoms with Crippen molar-refractivity contribution >= 4 is 21.8 Å². The van der Waals surface area contributed by atoms with Crippen molar-refractivity contribution in [1.29, 1.82) is 0 Å². The van der Waals surface area contributed by atoms with Gasteiger partial charge in [0, 0.05) is 58.8 Å². The van der Waals surface area contributed by atoms with Gasteiger partial charge in [-0.1, -0.05) is 48.5 Å². The Morgan fingerprint density at radius 1 is 0.909 bits per heavy atom. The predicted octanol–water partition coefficient (Wildman–Crippen LogP) is 1.16. The summed E-state index contributed by atoms with van der Waals surface area (Å²) in [6.45, 7) is 4.20. The van der Waals surface area contributed by atoms with E-state index in [2.05, 4.69) is 10.2 Å². The Labute approximate surface area is 195 Å². The summed E-state index contributed by atoms with van der Waals surface area (Å²) in [4.78, 5) is 29.2. The minimum absolute atomic E-state index is 0.000141. The van der Waals surface area contributed by atoms with Crippen LogP contribution < -0.4 is 5.32 Å². The maximum Gasteiger partial charge on any atom is 0.243 e. The number of benzene rings is 2. The molecule has 0 aliphatic carbocycles. The molecule has 0 aromatic heterocycles. The molecule has 4 rings (SSSR count). The van der Waals surface area contributed by atoms with E-state index < -0.39 is 10.0 Å². The molecule has 0 bridgehead atoms. The Morgan fingerprint density at radius 3 is 2.21 bits per heavy atom. The number of hydrogen-bond acceptors (Lipinski definition) is 5. The van der Waals surface area contributed by atoms with E-state index >= 15 is 0 Å². The highest BCUT2D eigenvalue weighted by molar-refractivity contribution is 7.89. The van der Waals surface area contributed by atoms with Crippen molar-refractivity contribution in [3.63, 3.8) is 0 Å². The van der Waals surface area contributed by atoms with Gasteiger partial charge in [0.05, 0.1) is 10.8 Å². The zero-order valence-electron chi connectivity index (χ0n) is 18.6.